The molecule has 0 bridgehead atoms. The van der Waals surface area contributed by atoms with E-state index in [9.17, 15) is 15.6 Å². The molecule has 2 aromatic rings. The number of nitrogens with two attached hydrogens (primary N) is 1. The number of aliphatic hydroxyl groups excluding tert-OH is 1. The fourth-order valence-corrected chi connectivity index (χ4v) is 3.22. The van der Waals surface area contributed by atoms with E-state index >= 15 is 0 Å². The van der Waals surface area contributed by atoms with Gasteiger partial charge in [-0.1, -0.05) is 0 Å². The summed E-state index contributed by atoms with van der Waals surface area (Å²) in [5.74, 6) is 1.05. The van der Waals surface area contributed by atoms with E-state index < -0.39 is 17.7 Å². The van der Waals surface area contributed by atoms with Gasteiger partial charge in [-0.3, -0.25) is 0 Å². The zero-order chi connectivity index (χ0) is 21.2. The summed E-state index contributed by atoms with van der Waals surface area (Å²) in [7, 11) is 1.56. The summed E-state index contributed by atoms with van der Waals surface area (Å²) >= 11 is 0. The molecule has 8 nitrogen and oxygen atoms in total. The van der Waals surface area contributed by atoms with Gasteiger partial charge in [-0.2, -0.15) is 10.5 Å². The fraction of sp³-hybridized carbons (Fsp3) is 0.286. The molecule has 8 heteroatoms. The Hall–Kier alpha value is -3.75. The summed E-state index contributed by atoms with van der Waals surface area (Å²) < 4.78 is 11.0. The number of guanidine groups is 1. The molecule has 148 valence electrons. The molecule has 3 rings (SSSR count). The second kappa shape index (κ2) is 7.70. The molecule has 0 radical (unpaired) electrons. The molecule has 0 saturated carbocycles. The van der Waals surface area contributed by atoms with E-state index in [0.717, 1.165) is 4.90 Å². The van der Waals surface area contributed by atoms with Crippen molar-refractivity contribution in [3.8, 4) is 23.8 Å². The van der Waals surface area contributed by atoms with Crippen LogP contribution in [-0.2, 0) is 0 Å². The van der Waals surface area contributed by atoms with Crippen LogP contribution in [0.15, 0.2) is 47.5 Å². The van der Waals surface area contributed by atoms with E-state index in [4.69, 9.17) is 15.2 Å². The van der Waals surface area contributed by atoms with Crippen LogP contribution in [0.4, 0.5) is 5.69 Å². The van der Waals surface area contributed by atoms with E-state index in [2.05, 4.69) is 11.1 Å². The zero-order valence-corrected chi connectivity index (χ0v) is 16.3. The minimum Gasteiger partial charge on any atom is -0.497 e. The predicted octanol–water partition coefficient (Wildman–Crippen LogP) is 2.57. The van der Waals surface area contributed by atoms with Gasteiger partial charge in [0.25, 0.3) is 0 Å². The van der Waals surface area contributed by atoms with E-state index in [0.29, 0.717) is 28.3 Å². The second-order valence-corrected chi connectivity index (χ2v) is 7.10. The van der Waals surface area contributed by atoms with Crippen LogP contribution in [0.2, 0.25) is 0 Å². The molecule has 1 aliphatic heterocycles. The van der Waals surface area contributed by atoms with E-state index in [1.165, 1.54) is 0 Å². The molecule has 0 aliphatic carbocycles. The monoisotopic (exact) mass is 391 g/mol. The Bertz CT molecular complexity index is 1020. The van der Waals surface area contributed by atoms with E-state index in [1.54, 1.807) is 63.4 Å². The molecule has 0 spiro atoms. The van der Waals surface area contributed by atoms with Crippen molar-refractivity contribution < 1.29 is 14.6 Å². The highest BCUT2D eigenvalue weighted by atomic mass is 16.5. The first-order valence-corrected chi connectivity index (χ1v) is 8.89. The number of hydrogen-bond donors (Lipinski definition) is 2. The molecule has 2 unspecified atom stereocenters. The van der Waals surface area contributed by atoms with Crippen molar-refractivity contribution in [1.29, 1.82) is 10.5 Å². The molecule has 3 N–H and O–H groups in total. The van der Waals surface area contributed by atoms with Crippen molar-refractivity contribution in [3.63, 3.8) is 0 Å². The number of ether oxygens (including phenoxy) is 2. The van der Waals surface area contributed by atoms with Gasteiger partial charge in [0.2, 0.25) is 5.96 Å². The fourth-order valence-electron chi connectivity index (χ4n) is 3.22. The van der Waals surface area contributed by atoms with Gasteiger partial charge in [-0.15, -0.1) is 0 Å². The number of aliphatic imine (C=N–C) groups is 1. The van der Waals surface area contributed by atoms with Crippen LogP contribution in [0.1, 0.15) is 31.0 Å². The third-order valence-electron chi connectivity index (χ3n) is 4.79. The number of nitriles is 2. The average molecular weight is 391 g/mol. The second-order valence-electron chi connectivity index (χ2n) is 7.10. The number of nitrogens with zero attached hydrogens (tertiary/aromatic N) is 4. The smallest absolute Gasteiger partial charge is 0.210 e. The summed E-state index contributed by atoms with van der Waals surface area (Å²) in [5.41, 5.74) is 6.56. The topological polar surface area (TPSA) is 128 Å². The van der Waals surface area contributed by atoms with Crippen LogP contribution >= 0.6 is 0 Å². The van der Waals surface area contributed by atoms with Crippen molar-refractivity contribution in [2.45, 2.75) is 31.6 Å². The quantitative estimate of drug-likeness (QED) is 0.356. The van der Waals surface area contributed by atoms with E-state index in [1.807, 2.05) is 6.19 Å². The van der Waals surface area contributed by atoms with Crippen LogP contribution in [0, 0.1) is 22.8 Å². The largest absolute Gasteiger partial charge is 0.497 e. The lowest BCUT2D eigenvalue weighted by Gasteiger charge is -2.44. The Morgan fingerprint density at radius 3 is 2.52 bits per heavy atom. The first-order chi connectivity index (χ1) is 13.8. The van der Waals surface area contributed by atoms with Gasteiger partial charge in [0.05, 0.1) is 24.4 Å². The Balaban J connectivity index is 2.06. The Kier molecular flexibility index (Phi) is 5.31. The number of aliphatic hydroxyl groups is 1. The molecule has 0 saturated heterocycles. The molecule has 2 aromatic carbocycles. The summed E-state index contributed by atoms with van der Waals surface area (Å²) in [6.45, 7) is 3.44. The van der Waals surface area contributed by atoms with Gasteiger partial charge in [0, 0.05) is 5.56 Å². The molecule has 2 atom stereocenters. The highest BCUT2D eigenvalue weighted by Gasteiger charge is 2.46. The number of hydrogen-bond acceptors (Lipinski definition) is 6. The van der Waals surface area contributed by atoms with Gasteiger partial charge in [-0.25, -0.2) is 9.89 Å². The van der Waals surface area contributed by atoms with Crippen molar-refractivity contribution in [1.82, 2.24) is 4.90 Å². The van der Waals surface area contributed by atoms with Gasteiger partial charge < -0.3 is 20.3 Å². The van der Waals surface area contributed by atoms with Crippen LogP contribution in [0.5, 0.6) is 11.5 Å². The first-order valence-electron chi connectivity index (χ1n) is 8.89. The minimum absolute atomic E-state index is 0.0901. The molecule has 0 aromatic heterocycles. The molecule has 0 fully saturated rings. The predicted molar refractivity (Wildman–Crippen MR) is 106 cm³/mol. The standard InChI is InChI=1S/C21H21N5O3/c1-21(2)19(27)18(16-10-13(11-22)4-9-17(16)29-21)26(12-23)20(24)25-14-5-7-15(28-3)8-6-14/h4-10,18-19,27H,1-3H3,(H2,24,25). The molecule has 1 heterocycles. The molecule has 1 aliphatic rings. The SMILES string of the molecule is COc1ccc(N=C(N)N(C#N)C2c3cc(C#N)ccc3OC(C)(C)C2O)cc1. The number of methoxy groups -OCH3 is 1. The van der Waals surface area contributed by atoms with Crippen molar-refractivity contribution in [2.24, 2.45) is 10.7 Å². The summed E-state index contributed by atoms with van der Waals surface area (Å²) in [4.78, 5) is 5.44. The lowest BCUT2D eigenvalue weighted by atomic mass is 9.85. The summed E-state index contributed by atoms with van der Waals surface area (Å²) in [5, 5.41) is 30.0. The Morgan fingerprint density at radius 1 is 1.24 bits per heavy atom. The minimum atomic E-state index is -1.10. The van der Waals surface area contributed by atoms with Crippen LogP contribution < -0.4 is 15.2 Å². The maximum Gasteiger partial charge on any atom is 0.210 e. The van der Waals surface area contributed by atoms with Gasteiger partial charge >= 0.3 is 0 Å². The number of rotatable bonds is 3. The molecular formula is C21H21N5O3. The number of fused-ring (bicyclic) bond motifs is 1. The maximum atomic E-state index is 11.0. The van der Waals surface area contributed by atoms with Crippen molar-refractivity contribution in [2.75, 3.05) is 7.11 Å². The van der Waals surface area contributed by atoms with Crippen LogP contribution in [0.25, 0.3) is 0 Å². The van der Waals surface area contributed by atoms with E-state index in [-0.39, 0.29) is 5.96 Å². The normalized spacial score (nSPS) is 19.9. The Morgan fingerprint density at radius 2 is 1.93 bits per heavy atom. The highest BCUT2D eigenvalue weighted by Crippen LogP contribution is 2.43. The lowest BCUT2D eigenvalue weighted by Crippen LogP contribution is -2.54. The van der Waals surface area contributed by atoms with Crippen LogP contribution in [-0.4, -0.2) is 34.8 Å². The summed E-state index contributed by atoms with van der Waals surface area (Å²) in [6.07, 6.45) is 0.912. The Labute approximate surface area is 169 Å². The van der Waals surface area contributed by atoms with Crippen molar-refractivity contribution >= 4 is 11.6 Å². The third kappa shape index (κ3) is 3.79. The highest BCUT2D eigenvalue weighted by molar-refractivity contribution is 5.83. The van der Waals surface area contributed by atoms with Gasteiger partial charge in [0.15, 0.2) is 6.19 Å². The van der Waals surface area contributed by atoms with Crippen LogP contribution in [0.3, 0.4) is 0 Å². The first kappa shape index (κ1) is 20.0. The molecule has 29 heavy (non-hydrogen) atoms. The maximum absolute atomic E-state index is 11.0. The van der Waals surface area contributed by atoms with Gasteiger partial charge in [0.1, 0.15) is 29.2 Å². The van der Waals surface area contributed by atoms with Gasteiger partial charge in [-0.05, 0) is 56.3 Å². The third-order valence-corrected chi connectivity index (χ3v) is 4.79. The lowest BCUT2D eigenvalue weighted by molar-refractivity contribution is -0.0751. The molecule has 0 amide bonds. The van der Waals surface area contributed by atoms with Crippen molar-refractivity contribution in [3.05, 3.63) is 53.6 Å². The average Bonchev–Trinajstić information content (AvgIpc) is 2.71. The molecular weight excluding hydrogens is 370 g/mol. The zero-order valence-electron chi connectivity index (χ0n) is 16.3. The number of benzene rings is 2. The summed E-state index contributed by atoms with van der Waals surface area (Å²) in [6, 6.07) is 12.9.